The minimum absolute atomic E-state index is 0.113. The maximum atomic E-state index is 12.1. The minimum Gasteiger partial charge on any atom is -0.378 e. The van der Waals surface area contributed by atoms with Crippen molar-refractivity contribution in [1.29, 1.82) is 0 Å². The Balaban J connectivity index is 1.86. The van der Waals surface area contributed by atoms with Crippen molar-refractivity contribution in [2.45, 2.75) is 50.7 Å². The number of nitrogens with two attached hydrogens (primary N) is 1. The first-order valence-electron chi connectivity index (χ1n) is 6.61. The Labute approximate surface area is 103 Å². The molecular weight excluding hydrogens is 218 g/mol. The maximum Gasteiger partial charge on any atom is 0.136 e. The van der Waals surface area contributed by atoms with Crippen LogP contribution in [0.3, 0.4) is 0 Å². The Hall–Kier alpha value is -0.450. The highest BCUT2D eigenvalue weighted by atomic mass is 16.6. The van der Waals surface area contributed by atoms with E-state index in [1.54, 1.807) is 0 Å². The van der Waals surface area contributed by atoms with E-state index in [4.69, 9.17) is 15.2 Å². The first kappa shape index (κ1) is 13.0. The summed E-state index contributed by atoms with van der Waals surface area (Å²) in [5.41, 5.74) is 5.53. The molecule has 0 aliphatic carbocycles. The zero-order valence-corrected chi connectivity index (χ0v) is 10.6. The summed E-state index contributed by atoms with van der Waals surface area (Å²) in [7, 11) is 0. The molecule has 0 saturated carbocycles. The molecule has 3 atom stereocenters. The van der Waals surface area contributed by atoms with Crippen LogP contribution in [0, 0.1) is 5.92 Å². The van der Waals surface area contributed by atoms with Crippen LogP contribution in [-0.4, -0.2) is 37.2 Å². The molecule has 4 heteroatoms. The van der Waals surface area contributed by atoms with E-state index < -0.39 is 0 Å². The average molecular weight is 241 g/mol. The van der Waals surface area contributed by atoms with Crippen LogP contribution in [0.4, 0.5) is 0 Å². The molecule has 1 spiro atoms. The number of ketones is 1. The van der Waals surface area contributed by atoms with Crippen LogP contribution in [0.15, 0.2) is 0 Å². The van der Waals surface area contributed by atoms with Gasteiger partial charge in [-0.15, -0.1) is 0 Å². The van der Waals surface area contributed by atoms with Crippen molar-refractivity contribution in [1.82, 2.24) is 0 Å². The Kier molecular flexibility index (Phi) is 4.17. The zero-order chi connectivity index (χ0) is 12.3. The molecule has 2 aliphatic rings. The van der Waals surface area contributed by atoms with Crippen LogP contribution in [0.1, 0.15) is 39.0 Å². The molecule has 98 valence electrons. The van der Waals surface area contributed by atoms with Crippen LogP contribution in [0.2, 0.25) is 0 Å². The van der Waals surface area contributed by atoms with Crippen LogP contribution < -0.4 is 5.73 Å². The molecule has 2 saturated heterocycles. The van der Waals surface area contributed by atoms with Gasteiger partial charge in [0.2, 0.25) is 0 Å². The molecular formula is C13H23NO3. The van der Waals surface area contributed by atoms with E-state index in [9.17, 15) is 4.79 Å². The number of Topliss-reactive ketones (excluding diaryl/α,β-unsaturated/α-hetero) is 1. The largest absolute Gasteiger partial charge is 0.378 e. The lowest BCUT2D eigenvalue weighted by molar-refractivity contribution is -0.137. The van der Waals surface area contributed by atoms with Crippen LogP contribution in [0.5, 0.6) is 0 Å². The molecule has 2 N–H and O–H groups in total. The Bertz CT molecular complexity index is 272. The van der Waals surface area contributed by atoms with Crippen molar-refractivity contribution in [3.8, 4) is 0 Å². The molecule has 0 amide bonds. The molecule has 2 heterocycles. The van der Waals surface area contributed by atoms with Gasteiger partial charge < -0.3 is 15.2 Å². The standard InChI is InChI=1S/C13H23NO3/c1-10(14)2-3-12(15)11-4-6-17-13(8-11)5-7-16-9-13/h10-11H,2-9,14H2,1H3. The second-order valence-electron chi connectivity index (χ2n) is 5.51. The number of hydrogen-bond donors (Lipinski definition) is 1. The normalized spacial score (nSPS) is 35.1. The summed E-state index contributed by atoms with van der Waals surface area (Å²) in [4.78, 5) is 12.1. The summed E-state index contributed by atoms with van der Waals surface area (Å²) in [6.45, 7) is 4.06. The average Bonchev–Trinajstić information content (AvgIpc) is 2.74. The van der Waals surface area contributed by atoms with Gasteiger partial charge in [0.1, 0.15) is 5.78 Å². The Morgan fingerprint density at radius 3 is 3.00 bits per heavy atom. The van der Waals surface area contributed by atoms with Gasteiger partial charge in [0, 0.05) is 38.0 Å². The number of carbonyl (C=O) groups excluding carboxylic acids is 1. The molecule has 0 aromatic carbocycles. The smallest absolute Gasteiger partial charge is 0.136 e. The molecule has 2 rings (SSSR count). The molecule has 4 nitrogen and oxygen atoms in total. The fraction of sp³-hybridized carbons (Fsp3) is 0.923. The number of ether oxygens (including phenoxy) is 2. The summed E-state index contributed by atoms with van der Waals surface area (Å²) < 4.78 is 11.2. The van der Waals surface area contributed by atoms with Gasteiger partial charge in [0.15, 0.2) is 0 Å². The summed E-state index contributed by atoms with van der Waals surface area (Å²) in [6.07, 6.45) is 4.04. The summed E-state index contributed by atoms with van der Waals surface area (Å²) in [5.74, 6) is 0.515. The third kappa shape index (κ3) is 3.27. The monoisotopic (exact) mass is 241 g/mol. The van der Waals surface area contributed by atoms with Gasteiger partial charge in [-0.05, 0) is 26.2 Å². The first-order valence-corrected chi connectivity index (χ1v) is 6.61. The molecule has 0 aromatic heterocycles. The third-order valence-corrected chi connectivity index (χ3v) is 3.86. The van der Waals surface area contributed by atoms with Crippen LogP contribution in [-0.2, 0) is 14.3 Å². The summed E-state index contributed by atoms with van der Waals surface area (Å²) in [6, 6.07) is 0.113. The maximum absolute atomic E-state index is 12.1. The Morgan fingerprint density at radius 2 is 2.35 bits per heavy atom. The van der Waals surface area contributed by atoms with Gasteiger partial charge in [-0.3, -0.25) is 4.79 Å². The topological polar surface area (TPSA) is 61.6 Å². The number of rotatable bonds is 4. The van der Waals surface area contributed by atoms with E-state index in [1.165, 1.54) is 0 Å². The van der Waals surface area contributed by atoms with Crippen molar-refractivity contribution in [2.24, 2.45) is 11.7 Å². The number of hydrogen-bond acceptors (Lipinski definition) is 4. The summed E-state index contributed by atoms with van der Waals surface area (Å²) in [5, 5.41) is 0. The fourth-order valence-corrected chi connectivity index (χ4v) is 2.74. The Morgan fingerprint density at radius 1 is 1.53 bits per heavy atom. The van der Waals surface area contributed by atoms with Gasteiger partial charge in [0.25, 0.3) is 0 Å². The van der Waals surface area contributed by atoms with E-state index in [-0.39, 0.29) is 17.6 Å². The lowest BCUT2D eigenvalue weighted by Gasteiger charge is -2.36. The predicted molar refractivity (Wildman–Crippen MR) is 64.7 cm³/mol. The van der Waals surface area contributed by atoms with Crippen LogP contribution >= 0.6 is 0 Å². The fourth-order valence-electron chi connectivity index (χ4n) is 2.74. The molecule has 0 bridgehead atoms. The quantitative estimate of drug-likeness (QED) is 0.805. The van der Waals surface area contributed by atoms with E-state index in [2.05, 4.69) is 0 Å². The molecule has 0 radical (unpaired) electrons. The molecule has 0 aromatic rings. The minimum atomic E-state index is -0.160. The van der Waals surface area contributed by atoms with Gasteiger partial charge in [-0.1, -0.05) is 0 Å². The van der Waals surface area contributed by atoms with Gasteiger partial charge in [0.05, 0.1) is 12.2 Å². The van der Waals surface area contributed by atoms with Gasteiger partial charge in [-0.2, -0.15) is 0 Å². The van der Waals surface area contributed by atoms with Crippen molar-refractivity contribution >= 4 is 5.78 Å². The molecule has 2 aliphatic heterocycles. The van der Waals surface area contributed by atoms with E-state index >= 15 is 0 Å². The van der Waals surface area contributed by atoms with E-state index in [0.29, 0.717) is 25.4 Å². The van der Waals surface area contributed by atoms with E-state index in [0.717, 1.165) is 32.3 Å². The van der Waals surface area contributed by atoms with Gasteiger partial charge >= 0.3 is 0 Å². The van der Waals surface area contributed by atoms with E-state index in [1.807, 2.05) is 6.92 Å². The first-order chi connectivity index (χ1) is 8.11. The van der Waals surface area contributed by atoms with Crippen molar-refractivity contribution in [3.05, 3.63) is 0 Å². The van der Waals surface area contributed by atoms with Crippen molar-refractivity contribution < 1.29 is 14.3 Å². The van der Waals surface area contributed by atoms with Crippen LogP contribution in [0.25, 0.3) is 0 Å². The number of carbonyl (C=O) groups is 1. The molecule has 3 unspecified atom stereocenters. The predicted octanol–water partition coefficient (Wildman–Crippen LogP) is 1.27. The van der Waals surface area contributed by atoms with Crippen molar-refractivity contribution in [2.75, 3.05) is 19.8 Å². The SMILES string of the molecule is CC(N)CCC(=O)C1CCOC2(CCOC2)C1. The highest BCUT2D eigenvalue weighted by Crippen LogP contribution is 2.36. The third-order valence-electron chi connectivity index (χ3n) is 3.86. The van der Waals surface area contributed by atoms with Gasteiger partial charge in [-0.25, -0.2) is 0 Å². The molecule has 17 heavy (non-hydrogen) atoms. The zero-order valence-electron chi connectivity index (χ0n) is 10.6. The second kappa shape index (κ2) is 5.46. The second-order valence-corrected chi connectivity index (χ2v) is 5.51. The lowest BCUT2D eigenvalue weighted by Crippen LogP contribution is -2.42. The highest BCUT2D eigenvalue weighted by Gasteiger charge is 2.42. The summed E-state index contributed by atoms with van der Waals surface area (Å²) >= 11 is 0. The molecule has 2 fully saturated rings. The highest BCUT2D eigenvalue weighted by molar-refractivity contribution is 5.81. The lowest BCUT2D eigenvalue weighted by atomic mass is 9.81. The van der Waals surface area contributed by atoms with Crippen molar-refractivity contribution in [3.63, 3.8) is 0 Å².